The van der Waals surface area contributed by atoms with Gasteiger partial charge in [-0.1, -0.05) is 18.2 Å². The summed E-state index contributed by atoms with van der Waals surface area (Å²) in [5, 5.41) is 0. The van der Waals surface area contributed by atoms with Crippen molar-refractivity contribution in [2.45, 2.75) is 18.6 Å². The molecule has 1 aliphatic heterocycles. The van der Waals surface area contributed by atoms with Gasteiger partial charge in [0.15, 0.2) is 0 Å². The number of nitrogens with two attached hydrogens (primary N) is 1. The van der Waals surface area contributed by atoms with Crippen molar-refractivity contribution in [2.24, 2.45) is 5.92 Å². The Morgan fingerprint density at radius 3 is 2.63 bits per heavy atom. The van der Waals surface area contributed by atoms with Crippen LogP contribution >= 0.6 is 11.8 Å². The highest BCUT2D eigenvalue weighted by molar-refractivity contribution is 7.99. The molecular formula is C13H20N2O2S2. The first-order chi connectivity index (χ1) is 9.07. The van der Waals surface area contributed by atoms with Crippen LogP contribution < -0.4 is 10.5 Å². The maximum absolute atomic E-state index is 12.0. The molecule has 1 saturated heterocycles. The molecule has 6 heteroatoms. The summed E-state index contributed by atoms with van der Waals surface area (Å²) in [6.45, 7) is 0.551. The van der Waals surface area contributed by atoms with Crippen LogP contribution in [0.25, 0.3) is 0 Å². The average Bonchev–Trinajstić information content (AvgIpc) is 2.40. The second kappa shape index (κ2) is 6.63. The second-order valence-electron chi connectivity index (χ2n) is 4.86. The first kappa shape index (κ1) is 14.7. The molecule has 0 spiro atoms. The molecule has 3 N–H and O–H groups in total. The standard InChI is InChI=1S/C13H20N2O2S2/c14-13-4-2-1-3-12(13)10-19(16,17)15-9-11-5-7-18-8-6-11/h1-4,11,15H,5-10,14H2. The lowest BCUT2D eigenvalue weighted by Crippen LogP contribution is -2.32. The van der Waals surface area contributed by atoms with Crippen LogP contribution in [0, 0.1) is 5.92 Å². The normalized spacial score (nSPS) is 17.5. The predicted octanol–water partition coefficient (Wildman–Crippen LogP) is 1.83. The molecule has 0 aromatic heterocycles. The number of hydrogen-bond donors (Lipinski definition) is 2. The summed E-state index contributed by atoms with van der Waals surface area (Å²) < 4.78 is 26.8. The molecule has 4 nitrogen and oxygen atoms in total. The van der Waals surface area contributed by atoms with E-state index in [9.17, 15) is 8.42 Å². The molecule has 2 rings (SSSR count). The Labute approximate surface area is 119 Å². The highest BCUT2D eigenvalue weighted by atomic mass is 32.2. The van der Waals surface area contributed by atoms with Crippen LogP contribution in [-0.4, -0.2) is 26.5 Å². The lowest BCUT2D eigenvalue weighted by atomic mass is 10.0. The van der Waals surface area contributed by atoms with Crippen molar-refractivity contribution >= 4 is 27.5 Å². The predicted molar refractivity (Wildman–Crippen MR) is 81.5 cm³/mol. The summed E-state index contributed by atoms with van der Waals surface area (Å²) in [6, 6.07) is 7.09. The van der Waals surface area contributed by atoms with E-state index in [0.717, 1.165) is 24.3 Å². The molecule has 19 heavy (non-hydrogen) atoms. The van der Waals surface area contributed by atoms with E-state index in [4.69, 9.17) is 5.73 Å². The zero-order chi connectivity index (χ0) is 13.7. The minimum atomic E-state index is -3.29. The number of sulfonamides is 1. The number of rotatable bonds is 5. The summed E-state index contributed by atoms with van der Waals surface area (Å²) in [5.74, 6) is 2.71. The Morgan fingerprint density at radius 2 is 1.95 bits per heavy atom. The minimum absolute atomic E-state index is 0.0405. The van der Waals surface area contributed by atoms with Gasteiger partial charge in [-0.25, -0.2) is 13.1 Å². The molecule has 0 aliphatic carbocycles. The maximum Gasteiger partial charge on any atom is 0.215 e. The van der Waals surface area contributed by atoms with E-state index in [1.807, 2.05) is 11.8 Å². The number of nitrogen functional groups attached to an aromatic ring is 1. The molecule has 106 valence electrons. The number of thioether (sulfide) groups is 1. The Bertz CT molecular complexity index is 511. The van der Waals surface area contributed by atoms with Crippen molar-refractivity contribution in [2.75, 3.05) is 23.8 Å². The molecule has 0 atom stereocenters. The van der Waals surface area contributed by atoms with Crippen molar-refractivity contribution in [3.05, 3.63) is 29.8 Å². The van der Waals surface area contributed by atoms with E-state index >= 15 is 0 Å². The van der Waals surface area contributed by atoms with Gasteiger partial charge in [0.25, 0.3) is 0 Å². The fraction of sp³-hybridized carbons (Fsp3) is 0.538. The summed E-state index contributed by atoms with van der Waals surface area (Å²) in [6.07, 6.45) is 2.20. The monoisotopic (exact) mass is 300 g/mol. The van der Waals surface area contributed by atoms with Gasteiger partial charge in [0, 0.05) is 12.2 Å². The van der Waals surface area contributed by atoms with Gasteiger partial charge in [-0.3, -0.25) is 0 Å². The molecule has 0 saturated carbocycles. The molecule has 1 aromatic rings. The van der Waals surface area contributed by atoms with E-state index < -0.39 is 10.0 Å². The van der Waals surface area contributed by atoms with Crippen LogP contribution in [0.2, 0.25) is 0 Å². The topological polar surface area (TPSA) is 72.2 Å². The molecule has 1 heterocycles. The number of benzene rings is 1. The smallest absolute Gasteiger partial charge is 0.215 e. The average molecular weight is 300 g/mol. The summed E-state index contributed by atoms with van der Waals surface area (Å²) in [4.78, 5) is 0. The number of anilines is 1. The Kier molecular flexibility index (Phi) is 5.13. The molecule has 1 aliphatic rings. The van der Waals surface area contributed by atoms with Crippen molar-refractivity contribution in [1.82, 2.24) is 4.72 Å². The lowest BCUT2D eigenvalue weighted by molar-refractivity contribution is 0.476. The SMILES string of the molecule is Nc1ccccc1CS(=O)(=O)NCC1CCSCC1. The van der Waals surface area contributed by atoms with E-state index in [1.165, 1.54) is 0 Å². The van der Waals surface area contributed by atoms with Crippen molar-refractivity contribution in [3.63, 3.8) is 0 Å². The van der Waals surface area contributed by atoms with Crippen molar-refractivity contribution < 1.29 is 8.42 Å². The molecule has 1 aromatic carbocycles. The Morgan fingerprint density at radius 1 is 1.26 bits per heavy atom. The molecule has 0 radical (unpaired) electrons. The largest absolute Gasteiger partial charge is 0.398 e. The van der Waals surface area contributed by atoms with Gasteiger partial charge in [-0.15, -0.1) is 0 Å². The van der Waals surface area contributed by atoms with Crippen LogP contribution in [0.15, 0.2) is 24.3 Å². The fourth-order valence-corrected chi connectivity index (χ4v) is 4.58. The summed E-state index contributed by atoms with van der Waals surface area (Å²) in [5.41, 5.74) is 6.96. The van der Waals surface area contributed by atoms with E-state index in [-0.39, 0.29) is 5.75 Å². The van der Waals surface area contributed by atoms with Crippen LogP contribution in [0.1, 0.15) is 18.4 Å². The molecular weight excluding hydrogens is 280 g/mol. The van der Waals surface area contributed by atoms with Crippen LogP contribution in [0.4, 0.5) is 5.69 Å². The van der Waals surface area contributed by atoms with Gasteiger partial charge in [-0.2, -0.15) is 11.8 Å². The highest BCUT2D eigenvalue weighted by Gasteiger charge is 2.18. The van der Waals surface area contributed by atoms with Crippen LogP contribution in [-0.2, 0) is 15.8 Å². The third kappa shape index (κ3) is 4.71. The van der Waals surface area contributed by atoms with Crippen LogP contribution in [0.5, 0.6) is 0 Å². The number of para-hydroxylation sites is 1. The molecule has 0 amide bonds. The molecule has 0 unspecified atom stereocenters. The van der Waals surface area contributed by atoms with Gasteiger partial charge >= 0.3 is 0 Å². The third-order valence-electron chi connectivity index (χ3n) is 3.33. The quantitative estimate of drug-likeness (QED) is 0.814. The Hall–Kier alpha value is -0.720. The lowest BCUT2D eigenvalue weighted by Gasteiger charge is -2.21. The Balaban J connectivity index is 1.90. The van der Waals surface area contributed by atoms with E-state index in [1.54, 1.807) is 24.3 Å². The highest BCUT2D eigenvalue weighted by Crippen LogP contribution is 2.22. The van der Waals surface area contributed by atoms with Gasteiger partial charge < -0.3 is 5.73 Å². The molecule has 0 bridgehead atoms. The van der Waals surface area contributed by atoms with E-state index in [0.29, 0.717) is 23.7 Å². The maximum atomic E-state index is 12.0. The second-order valence-corrected chi connectivity index (χ2v) is 7.89. The van der Waals surface area contributed by atoms with Gasteiger partial charge in [0.1, 0.15) is 0 Å². The first-order valence-electron chi connectivity index (χ1n) is 6.45. The first-order valence-corrected chi connectivity index (χ1v) is 9.26. The van der Waals surface area contributed by atoms with Crippen LogP contribution in [0.3, 0.4) is 0 Å². The fourth-order valence-electron chi connectivity index (χ4n) is 2.12. The number of hydrogen-bond acceptors (Lipinski definition) is 4. The van der Waals surface area contributed by atoms with Gasteiger partial charge in [-0.05, 0) is 41.9 Å². The van der Waals surface area contributed by atoms with Crippen molar-refractivity contribution in [3.8, 4) is 0 Å². The van der Waals surface area contributed by atoms with Gasteiger partial charge in [0.05, 0.1) is 5.75 Å². The van der Waals surface area contributed by atoms with E-state index in [2.05, 4.69) is 4.72 Å². The minimum Gasteiger partial charge on any atom is -0.398 e. The van der Waals surface area contributed by atoms with Gasteiger partial charge in [0.2, 0.25) is 10.0 Å². The summed E-state index contributed by atoms with van der Waals surface area (Å²) >= 11 is 1.94. The zero-order valence-corrected chi connectivity index (χ0v) is 12.5. The molecule has 1 fully saturated rings. The third-order valence-corrected chi connectivity index (χ3v) is 5.68. The number of nitrogens with one attached hydrogen (secondary N) is 1. The van der Waals surface area contributed by atoms with Crippen molar-refractivity contribution in [1.29, 1.82) is 0 Å². The summed E-state index contributed by atoms with van der Waals surface area (Å²) in [7, 11) is -3.29. The zero-order valence-electron chi connectivity index (χ0n) is 10.8.